The van der Waals surface area contributed by atoms with Crippen molar-refractivity contribution in [3.63, 3.8) is 0 Å². The van der Waals surface area contributed by atoms with E-state index >= 15 is 0 Å². The molecule has 0 bridgehead atoms. The number of aromatic nitrogens is 2. The zero-order chi connectivity index (χ0) is 27.2. The Morgan fingerprint density at radius 1 is 1.05 bits per heavy atom. The average molecular weight is 522 g/mol. The van der Waals surface area contributed by atoms with E-state index in [1.54, 1.807) is 43.9 Å². The molecule has 1 aliphatic rings. The van der Waals surface area contributed by atoms with E-state index in [4.69, 9.17) is 14.2 Å². The molecule has 9 nitrogen and oxygen atoms in total. The highest BCUT2D eigenvalue weighted by atomic mass is 16.5. The maximum absolute atomic E-state index is 13.4. The third-order valence-electron chi connectivity index (χ3n) is 6.72. The van der Waals surface area contributed by atoms with Crippen molar-refractivity contribution in [2.24, 2.45) is 0 Å². The van der Waals surface area contributed by atoms with Crippen molar-refractivity contribution in [1.29, 1.82) is 0 Å². The molecule has 2 aromatic heterocycles. The van der Waals surface area contributed by atoms with E-state index in [1.807, 2.05) is 24.3 Å². The smallest absolute Gasteiger partial charge is 0.295 e. The van der Waals surface area contributed by atoms with Crippen molar-refractivity contribution in [3.05, 3.63) is 65.1 Å². The van der Waals surface area contributed by atoms with Crippen LogP contribution in [0, 0.1) is 6.92 Å². The van der Waals surface area contributed by atoms with Crippen molar-refractivity contribution in [2.75, 3.05) is 34.0 Å². The first-order valence-corrected chi connectivity index (χ1v) is 12.9. The van der Waals surface area contributed by atoms with Gasteiger partial charge in [0.15, 0.2) is 17.3 Å². The molecule has 1 fully saturated rings. The van der Waals surface area contributed by atoms with Crippen LogP contribution in [0.3, 0.4) is 0 Å². The second-order valence-corrected chi connectivity index (χ2v) is 9.28. The number of methoxy groups -OCH3 is 2. The molecule has 0 spiro atoms. The number of hydrogen-bond acceptors (Lipinski definition) is 7. The minimum Gasteiger partial charge on any atom is -0.505 e. The Morgan fingerprint density at radius 3 is 2.61 bits per heavy atom. The van der Waals surface area contributed by atoms with Crippen LogP contribution in [0.5, 0.6) is 11.5 Å². The number of hydrogen-bond donors (Lipinski definition) is 1. The van der Waals surface area contributed by atoms with Crippen LogP contribution >= 0.6 is 0 Å². The molecule has 0 aliphatic carbocycles. The molecule has 9 heteroatoms. The number of ketones is 1. The fraction of sp³-hybridized carbons (Fsp3) is 0.414. The number of aliphatic hydroxyl groups is 1. The molecule has 1 saturated heterocycles. The number of imidazole rings is 1. The minimum atomic E-state index is -0.816. The summed E-state index contributed by atoms with van der Waals surface area (Å²) in [6, 6.07) is 10.0. The van der Waals surface area contributed by atoms with Crippen molar-refractivity contribution in [1.82, 2.24) is 14.3 Å². The summed E-state index contributed by atoms with van der Waals surface area (Å²) in [6.45, 7) is 5.17. The van der Waals surface area contributed by atoms with Gasteiger partial charge in [-0.15, -0.1) is 0 Å². The molecule has 0 radical (unpaired) electrons. The predicted molar refractivity (Wildman–Crippen MR) is 143 cm³/mol. The van der Waals surface area contributed by atoms with E-state index in [9.17, 15) is 14.7 Å². The predicted octanol–water partition coefficient (Wildman–Crippen LogP) is 4.68. The standard InChI is InChI=1S/C29H35N3O6/c1-5-6-9-17-38-21-13-12-20(18-22(21)37-4)26-24(28(34)29(35)32(26)15-10-16-36-3)27(33)25-19(2)30-23-11-7-8-14-31(23)25/h7-8,11-14,18,26,33H,5-6,9-10,15-17H2,1-4H3. The van der Waals surface area contributed by atoms with Gasteiger partial charge in [-0.2, -0.15) is 0 Å². The van der Waals surface area contributed by atoms with Crippen LogP contribution in [0.15, 0.2) is 48.2 Å². The van der Waals surface area contributed by atoms with Crippen molar-refractivity contribution >= 4 is 23.1 Å². The molecule has 4 rings (SSSR count). The van der Waals surface area contributed by atoms with E-state index in [0.29, 0.717) is 53.7 Å². The second kappa shape index (κ2) is 12.1. The van der Waals surface area contributed by atoms with Crippen molar-refractivity contribution < 1.29 is 28.9 Å². The largest absolute Gasteiger partial charge is 0.505 e. The van der Waals surface area contributed by atoms with Crippen LogP contribution in [0.25, 0.3) is 11.4 Å². The number of rotatable bonds is 12. The molecule has 1 aromatic carbocycles. The fourth-order valence-electron chi connectivity index (χ4n) is 4.87. The average Bonchev–Trinajstić information content (AvgIpc) is 3.39. The molecule has 1 N–H and O–H groups in total. The first-order valence-electron chi connectivity index (χ1n) is 12.9. The van der Waals surface area contributed by atoms with Crippen LogP contribution in [-0.4, -0.2) is 65.1 Å². The lowest BCUT2D eigenvalue weighted by Crippen LogP contribution is -2.31. The van der Waals surface area contributed by atoms with Gasteiger partial charge >= 0.3 is 0 Å². The van der Waals surface area contributed by atoms with Gasteiger partial charge in [-0.3, -0.25) is 14.0 Å². The zero-order valence-corrected chi connectivity index (χ0v) is 22.4. The van der Waals surface area contributed by atoms with Gasteiger partial charge in [-0.1, -0.05) is 31.9 Å². The zero-order valence-electron chi connectivity index (χ0n) is 22.4. The molecule has 3 heterocycles. The Kier molecular flexibility index (Phi) is 8.68. The number of benzene rings is 1. The summed E-state index contributed by atoms with van der Waals surface area (Å²) in [5.74, 6) is -0.599. The van der Waals surface area contributed by atoms with E-state index < -0.39 is 17.7 Å². The monoisotopic (exact) mass is 521 g/mol. The number of aryl methyl sites for hydroxylation is 1. The highest BCUT2D eigenvalue weighted by molar-refractivity contribution is 6.46. The molecule has 3 aromatic rings. The van der Waals surface area contributed by atoms with Gasteiger partial charge in [-0.25, -0.2) is 4.98 Å². The van der Waals surface area contributed by atoms with Gasteiger partial charge < -0.3 is 24.2 Å². The summed E-state index contributed by atoms with van der Waals surface area (Å²) in [5, 5.41) is 11.6. The topological polar surface area (TPSA) is 103 Å². The molecule has 1 unspecified atom stereocenters. The van der Waals surface area contributed by atoms with Crippen LogP contribution in [0.4, 0.5) is 0 Å². The number of unbranched alkanes of at least 4 members (excludes halogenated alkanes) is 2. The molecule has 0 saturated carbocycles. The third kappa shape index (κ3) is 5.24. The van der Waals surface area contributed by atoms with Crippen LogP contribution in [0.1, 0.15) is 55.6 Å². The lowest BCUT2D eigenvalue weighted by atomic mass is 9.95. The molecule has 1 aliphatic heterocycles. The number of amides is 1. The first kappa shape index (κ1) is 27.2. The number of carbonyl (C=O) groups excluding carboxylic acids is 2. The maximum Gasteiger partial charge on any atom is 0.295 e. The number of pyridine rings is 1. The number of fused-ring (bicyclic) bond motifs is 1. The highest BCUT2D eigenvalue weighted by Crippen LogP contribution is 2.42. The Bertz CT molecular complexity index is 1350. The highest BCUT2D eigenvalue weighted by Gasteiger charge is 2.46. The summed E-state index contributed by atoms with van der Waals surface area (Å²) in [7, 11) is 3.14. The van der Waals surface area contributed by atoms with Gasteiger partial charge in [0.1, 0.15) is 11.3 Å². The van der Waals surface area contributed by atoms with Crippen LogP contribution < -0.4 is 9.47 Å². The first-order chi connectivity index (χ1) is 18.4. The Labute approximate surface area is 222 Å². The number of aliphatic hydroxyl groups excluding tert-OH is 1. The summed E-state index contributed by atoms with van der Waals surface area (Å²) in [4.78, 5) is 32.7. The summed E-state index contributed by atoms with van der Waals surface area (Å²) >= 11 is 0. The van der Waals surface area contributed by atoms with Crippen LogP contribution in [-0.2, 0) is 14.3 Å². The number of likely N-dealkylation sites (tertiary alicyclic amines) is 1. The Morgan fingerprint density at radius 2 is 1.87 bits per heavy atom. The molecular weight excluding hydrogens is 486 g/mol. The van der Waals surface area contributed by atoms with Gasteiger partial charge in [0.05, 0.1) is 31.0 Å². The number of Topliss-reactive ketones (excluding diaryl/α,β-unsaturated/α-hetero) is 1. The van der Waals surface area contributed by atoms with Crippen molar-refractivity contribution in [3.8, 4) is 11.5 Å². The van der Waals surface area contributed by atoms with Gasteiger partial charge in [0.25, 0.3) is 11.7 Å². The molecule has 202 valence electrons. The molecule has 1 amide bonds. The molecule has 38 heavy (non-hydrogen) atoms. The SMILES string of the molecule is CCCCCOc1ccc(C2C(=C(O)c3c(C)nc4ccccn34)C(=O)C(=O)N2CCCOC)cc1OC. The number of ether oxygens (including phenoxy) is 3. The summed E-state index contributed by atoms with van der Waals surface area (Å²) in [5.41, 5.74) is 2.20. The number of carbonyl (C=O) groups is 2. The van der Waals surface area contributed by atoms with Crippen molar-refractivity contribution in [2.45, 2.75) is 45.6 Å². The third-order valence-corrected chi connectivity index (χ3v) is 6.72. The maximum atomic E-state index is 13.4. The van der Waals surface area contributed by atoms with E-state index in [0.717, 1.165) is 19.3 Å². The quantitative estimate of drug-likeness (QED) is 0.160. The molecular formula is C29H35N3O6. The fourth-order valence-corrected chi connectivity index (χ4v) is 4.87. The summed E-state index contributed by atoms with van der Waals surface area (Å²) < 4.78 is 18.4. The second-order valence-electron chi connectivity index (χ2n) is 9.28. The Balaban J connectivity index is 1.82. The van der Waals surface area contributed by atoms with Gasteiger partial charge in [-0.05, 0) is 49.6 Å². The minimum absolute atomic E-state index is 0.0137. The normalized spacial score (nSPS) is 16.9. The molecule has 1 atom stereocenters. The van der Waals surface area contributed by atoms with E-state index in [2.05, 4.69) is 11.9 Å². The number of nitrogens with zero attached hydrogens (tertiary/aromatic N) is 3. The summed E-state index contributed by atoms with van der Waals surface area (Å²) in [6.07, 6.45) is 5.39. The van der Waals surface area contributed by atoms with E-state index in [1.165, 1.54) is 4.90 Å². The van der Waals surface area contributed by atoms with Gasteiger partial charge in [0.2, 0.25) is 0 Å². The lowest BCUT2D eigenvalue weighted by Gasteiger charge is -2.26. The van der Waals surface area contributed by atoms with Crippen LogP contribution in [0.2, 0.25) is 0 Å². The van der Waals surface area contributed by atoms with Gasteiger partial charge in [0, 0.05) is 26.5 Å². The van der Waals surface area contributed by atoms with E-state index in [-0.39, 0.29) is 17.9 Å². The lowest BCUT2D eigenvalue weighted by molar-refractivity contribution is -0.140. The Hall–Kier alpha value is -3.85.